The molecule has 0 radical (unpaired) electrons. The second-order valence-electron chi connectivity index (χ2n) is 3.50. The van der Waals surface area contributed by atoms with Crippen LogP contribution in [0.5, 0.6) is 0 Å². The van der Waals surface area contributed by atoms with Crippen LogP contribution >= 0.6 is 0 Å². The summed E-state index contributed by atoms with van der Waals surface area (Å²) in [6, 6.07) is 4.64. The van der Waals surface area contributed by atoms with E-state index in [2.05, 4.69) is 4.98 Å². The van der Waals surface area contributed by atoms with Gasteiger partial charge in [0.05, 0.1) is 4.90 Å². The summed E-state index contributed by atoms with van der Waals surface area (Å²) < 4.78 is 50.3. The molecule has 18 heavy (non-hydrogen) atoms. The third-order valence-electron chi connectivity index (χ3n) is 2.24. The lowest BCUT2D eigenvalue weighted by atomic mass is 10.3. The minimum Gasteiger partial charge on any atom is -0.383 e. The van der Waals surface area contributed by atoms with Crippen LogP contribution in [0, 0.1) is 11.6 Å². The highest BCUT2D eigenvalue weighted by atomic mass is 32.2. The molecule has 94 valence electrons. The Morgan fingerprint density at radius 3 is 2.28 bits per heavy atom. The topological polar surface area (TPSA) is 73.0 Å². The van der Waals surface area contributed by atoms with Gasteiger partial charge in [0.2, 0.25) is 9.84 Å². The first-order chi connectivity index (χ1) is 8.41. The highest BCUT2D eigenvalue weighted by molar-refractivity contribution is 7.91. The molecule has 4 nitrogen and oxygen atoms in total. The lowest BCUT2D eigenvalue weighted by Gasteiger charge is -2.06. The van der Waals surface area contributed by atoms with Crippen molar-refractivity contribution in [2.75, 3.05) is 5.73 Å². The van der Waals surface area contributed by atoms with Crippen LogP contribution in [0.15, 0.2) is 46.3 Å². The maximum absolute atomic E-state index is 13.0. The molecule has 7 heteroatoms. The molecule has 1 aromatic carbocycles. The average molecular weight is 270 g/mol. The van der Waals surface area contributed by atoms with Crippen molar-refractivity contribution in [1.29, 1.82) is 0 Å². The monoisotopic (exact) mass is 270 g/mol. The van der Waals surface area contributed by atoms with Gasteiger partial charge in [-0.15, -0.1) is 0 Å². The molecule has 0 amide bonds. The fourth-order valence-electron chi connectivity index (χ4n) is 1.44. The van der Waals surface area contributed by atoms with Gasteiger partial charge in [-0.2, -0.15) is 0 Å². The lowest BCUT2D eigenvalue weighted by molar-refractivity contribution is 0.567. The number of hydrogen-bond donors (Lipinski definition) is 1. The van der Waals surface area contributed by atoms with Gasteiger partial charge in [0.15, 0.2) is 0 Å². The second-order valence-corrected chi connectivity index (χ2v) is 5.41. The maximum Gasteiger partial charge on any atom is 0.210 e. The SMILES string of the molecule is Nc1ncccc1S(=O)(=O)c1cc(F)cc(F)c1. The van der Waals surface area contributed by atoms with Gasteiger partial charge in [-0.25, -0.2) is 22.2 Å². The predicted octanol–water partition coefficient (Wildman–Crippen LogP) is 1.77. The number of nitrogens with two attached hydrogens (primary N) is 1. The van der Waals surface area contributed by atoms with Gasteiger partial charge in [-0.05, 0) is 24.3 Å². The molecule has 0 aliphatic heterocycles. The van der Waals surface area contributed by atoms with Crippen LogP contribution in [0.2, 0.25) is 0 Å². The minimum atomic E-state index is -4.08. The first-order valence-electron chi connectivity index (χ1n) is 4.83. The zero-order chi connectivity index (χ0) is 13.3. The van der Waals surface area contributed by atoms with Crippen LogP contribution in [0.25, 0.3) is 0 Å². The van der Waals surface area contributed by atoms with Gasteiger partial charge in [-0.3, -0.25) is 0 Å². The maximum atomic E-state index is 13.0. The molecule has 0 unspecified atom stereocenters. The summed E-state index contributed by atoms with van der Waals surface area (Å²) >= 11 is 0. The Morgan fingerprint density at radius 1 is 1.11 bits per heavy atom. The first-order valence-corrected chi connectivity index (χ1v) is 6.31. The fraction of sp³-hybridized carbons (Fsp3) is 0. The molecule has 0 fully saturated rings. The third kappa shape index (κ3) is 2.17. The standard InChI is InChI=1S/C11H8F2N2O2S/c12-7-4-8(13)6-9(5-7)18(16,17)10-2-1-3-15-11(10)14/h1-6H,(H2,14,15). The van der Waals surface area contributed by atoms with Gasteiger partial charge in [0.1, 0.15) is 22.3 Å². The lowest BCUT2D eigenvalue weighted by Crippen LogP contribution is -2.07. The smallest absolute Gasteiger partial charge is 0.210 e. The molecule has 1 aromatic heterocycles. The van der Waals surface area contributed by atoms with Crippen molar-refractivity contribution < 1.29 is 17.2 Å². The van der Waals surface area contributed by atoms with E-state index in [1.807, 2.05) is 0 Å². The number of benzene rings is 1. The largest absolute Gasteiger partial charge is 0.383 e. The summed E-state index contributed by atoms with van der Waals surface area (Å²) in [5.41, 5.74) is 5.44. The van der Waals surface area contributed by atoms with Crippen molar-refractivity contribution in [3.8, 4) is 0 Å². The molecule has 0 spiro atoms. The number of sulfone groups is 1. The van der Waals surface area contributed by atoms with Gasteiger partial charge >= 0.3 is 0 Å². The van der Waals surface area contributed by atoms with E-state index >= 15 is 0 Å². The number of pyridine rings is 1. The van der Waals surface area contributed by atoms with Crippen molar-refractivity contribution in [3.63, 3.8) is 0 Å². The number of halogens is 2. The van der Waals surface area contributed by atoms with Crippen LogP contribution in [-0.4, -0.2) is 13.4 Å². The Morgan fingerprint density at radius 2 is 1.72 bits per heavy atom. The quantitative estimate of drug-likeness (QED) is 0.902. The van der Waals surface area contributed by atoms with Crippen molar-refractivity contribution in [2.24, 2.45) is 0 Å². The van der Waals surface area contributed by atoms with Gasteiger partial charge in [0.25, 0.3) is 0 Å². The molecule has 0 aliphatic rings. The molecule has 0 aliphatic carbocycles. The van der Waals surface area contributed by atoms with Crippen molar-refractivity contribution in [1.82, 2.24) is 4.98 Å². The fourth-order valence-corrected chi connectivity index (χ4v) is 2.82. The van der Waals surface area contributed by atoms with Crippen LogP contribution in [0.4, 0.5) is 14.6 Å². The van der Waals surface area contributed by atoms with Gasteiger partial charge in [-0.1, -0.05) is 0 Å². The number of aromatic nitrogens is 1. The normalized spacial score (nSPS) is 11.4. The van der Waals surface area contributed by atoms with Gasteiger partial charge < -0.3 is 5.73 Å². The second kappa shape index (κ2) is 4.34. The minimum absolute atomic E-state index is 0.220. The molecular formula is C11H8F2N2O2S. The van der Waals surface area contributed by atoms with Crippen LogP contribution in [0.1, 0.15) is 0 Å². The predicted molar refractivity (Wildman–Crippen MR) is 60.5 cm³/mol. The van der Waals surface area contributed by atoms with Gasteiger partial charge in [0, 0.05) is 12.3 Å². The molecule has 2 aromatic rings. The first kappa shape index (κ1) is 12.4. The van der Waals surface area contributed by atoms with E-state index in [1.165, 1.54) is 18.3 Å². The molecule has 0 atom stereocenters. The van der Waals surface area contributed by atoms with E-state index in [-0.39, 0.29) is 10.7 Å². The van der Waals surface area contributed by atoms with E-state index in [1.54, 1.807) is 0 Å². The summed E-state index contributed by atoms with van der Waals surface area (Å²) in [6.07, 6.45) is 1.32. The summed E-state index contributed by atoms with van der Waals surface area (Å²) in [4.78, 5) is 2.84. The van der Waals surface area contributed by atoms with E-state index in [9.17, 15) is 17.2 Å². The van der Waals surface area contributed by atoms with Crippen LogP contribution in [0.3, 0.4) is 0 Å². The number of rotatable bonds is 2. The van der Waals surface area contributed by atoms with E-state index in [4.69, 9.17) is 5.73 Å². The summed E-state index contributed by atoms with van der Waals surface area (Å²) in [6.45, 7) is 0. The van der Waals surface area contributed by atoms with E-state index in [0.717, 1.165) is 12.1 Å². The summed E-state index contributed by atoms with van der Waals surface area (Å²) in [7, 11) is -4.08. The molecule has 1 heterocycles. The van der Waals surface area contributed by atoms with E-state index in [0.29, 0.717) is 6.07 Å². The molecule has 0 saturated carbocycles. The highest BCUT2D eigenvalue weighted by Gasteiger charge is 2.22. The molecule has 2 rings (SSSR count). The Kier molecular flexibility index (Phi) is 3.00. The Bertz CT molecular complexity index is 682. The zero-order valence-corrected chi connectivity index (χ0v) is 9.79. The van der Waals surface area contributed by atoms with E-state index < -0.39 is 26.4 Å². The Hall–Kier alpha value is -2.02. The van der Waals surface area contributed by atoms with Crippen molar-refractivity contribution in [3.05, 3.63) is 48.2 Å². The molecule has 0 saturated heterocycles. The van der Waals surface area contributed by atoms with Crippen LogP contribution in [-0.2, 0) is 9.84 Å². The molecular weight excluding hydrogens is 262 g/mol. The molecule has 0 bridgehead atoms. The number of anilines is 1. The number of hydrogen-bond acceptors (Lipinski definition) is 4. The zero-order valence-electron chi connectivity index (χ0n) is 8.97. The highest BCUT2D eigenvalue weighted by Crippen LogP contribution is 2.25. The van der Waals surface area contributed by atoms with Crippen molar-refractivity contribution in [2.45, 2.75) is 9.79 Å². The third-order valence-corrected chi connectivity index (χ3v) is 4.02. The van der Waals surface area contributed by atoms with Crippen LogP contribution < -0.4 is 5.73 Å². The Labute approximate surface area is 102 Å². The summed E-state index contributed by atoms with van der Waals surface area (Å²) in [5, 5.41) is 0. The van der Waals surface area contributed by atoms with Crippen molar-refractivity contribution >= 4 is 15.7 Å². The average Bonchev–Trinajstić information content (AvgIpc) is 2.28. The number of nitrogen functional groups attached to an aromatic ring is 1. The summed E-state index contributed by atoms with van der Waals surface area (Å²) in [5.74, 6) is -2.17. The Balaban J connectivity index is 2.66. The molecule has 2 N–H and O–H groups in total. The number of nitrogens with zero attached hydrogens (tertiary/aromatic N) is 1.